The lowest BCUT2D eigenvalue weighted by atomic mass is 9.79. The topological polar surface area (TPSA) is 41.5 Å². The van der Waals surface area contributed by atoms with Gasteiger partial charge in [0, 0.05) is 26.3 Å². The lowest BCUT2D eigenvalue weighted by Gasteiger charge is -2.33. The highest BCUT2D eigenvalue weighted by Gasteiger charge is 2.25. The van der Waals surface area contributed by atoms with Crippen LogP contribution in [-0.2, 0) is 4.74 Å². The second-order valence-corrected chi connectivity index (χ2v) is 4.62. The van der Waals surface area contributed by atoms with Crippen LogP contribution in [0.3, 0.4) is 0 Å². The molecule has 0 fully saturated rings. The largest absolute Gasteiger partial charge is 0.396 e. The van der Waals surface area contributed by atoms with E-state index in [2.05, 4.69) is 26.1 Å². The van der Waals surface area contributed by atoms with Gasteiger partial charge in [-0.1, -0.05) is 20.8 Å². The van der Waals surface area contributed by atoms with Crippen LogP contribution in [-0.4, -0.2) is 38.0 Å². The van der Waals surface area contributed by atoms with Crippen molar-refractivity contribution >= 4 is 0 Å². The summed E-state index contributed by atoms with van der Waals surface area (Å²) in [5.41, 5.74) is 0.246. The normalized spacial score (nSPS) is 14.1. The highest BCUT2D eigenvalue weighted by Crippen LogP contribution is 2.29. The van der Waals surface area contributed by atoms with E-state index in [1.165, 1.54) is 0 Å². The number of aliphatic hydroxyl groups is 1. The minimum Gasteiger partial charge on any atom is -0.396 e. The van der Waals surface area contributed by atoms with E-state index in [-0.39, 0.29) is 12.0 Å². The summed E-state index contributed by atoms with van der Waals surface area (Å²) in [6.45, 7) is 8.60. The predicted octanol–water partition coefficient (Wildman–Crippen LogP) is 2.19. The summed E-state index contributed by atoms with van der Waals surface area (Å²) in [6, 6.07) is 0.432. The van der Waals surface area contributed by atoms with Gasteiger partial charge in [-0.3, -0.25) is 0 Å². The van der Waals surface area contributed by atoms with Crippen LogP contribution in [0, 0.1) is 5.41 Å². The fourth-order valence-electron chi connectivity index (χ4n) is 2.06. The fourth-order valence-corrected chi connectivity index (χ4v) is 2.06. The highest BCUT2D eigenvalue weighted by atomic mass is 16.5. The highest BCUT2D eigenvalue weighted by molar-refractivity contribution is 4.80. The van der Waals surface area contributed by atoms with Gasteiger partial charge in [0.2, 0.25) is 0 Å². The molecule has 0 bridgehead atoms. The van der Waals surface area contributed by atoms with Gasteiger partial charge in [-0.25, -0.2) is 0 Å². The minimum absolute atomic E-state index is 0.246. The van der Waals surface area contributed by atoms with Crippen molar-refractivity contribution in [3.63, 3.8) is 0 Å². The van der Waals surface area contributed by atoms with Crippen LogP contribution >= 0.6 is 0 Å². The van der Waals surface area contributed by atoms with E-state index in [0.29, 0.717) is 6.04 Å². The van der Waals surface area contributed by atoms with E-state index in [9.17, 15) is 0 Å². The molecule has 0 amide bonds. The lowest BCUT2D eigenvalue weighted by Crippen LogP contribution is -2.41. The SMILES string of the molecule is CCC(COC)NCC(CC)(CC)CCO. The van der Waals surface area contributed by atoms with Gasteiger partial charge in [-0.15, -0.1) is 0 Å². The monoisotopic (exact) mass is 231 g/mol. The molecule has 0 aliphatic carbocycles. The Morgan fingerprint density at radius 2 is 1.88 bits per heavy atom. The summed E-state index contributed by atoms with van der Waals surface area (Å²) >= 11 is 0. The van der Waals surface area contributed by atoms with E-state index in [1.54, 1.807) is 7.11 Å². The number of nitrogens with one attached hydrogen (secondary N) is 1. The van der Waals surface area contributed by atoms with Crippen LogP contribution in [0.4, 0.5) is 0 Å². The fraction of sp³-hybridized carbons (Fsp3) is 1.00. The average Bonchev–Trinajstić information content (AvgIpc) is 2.33. The van der Waals surface area contributed by atoms with Gasteiger partial charge in [0.25, 0.3) is 0 Å². The van der Waals surface area contributed by atoms with E-state index >= 15 is 0 Å². The summed E-state index contributed by atoms with van der Waals surface area (Å²) in [7, 11) is 1.74. The maximum absolute atomic E-state index is 9.14. The second-order valence-electron chi connectivity index (χ2n) is 4.62. The van der Waals surface area contributed by atoms with E-state index in [1.807, 2.05) is 0 Å². The Labute approximate surface area is 101 Å². The molecule has 0 saturated heterocycles. The average molecular weight is 231 g/mol. The maximum Gasteiger partial charge on any atom is 0.0615 e. The molecule has 0 aromatic rings. The van der Waals surface area contributed by atoms with Gasteiger partial charge in [0.05, 0.1) is 6.61 Å². The van der Waals surface area contributed by atoms with Gasteiger partial charge < -0.3 is 15.2 Å². The molecular formula is C13H29NO2. The van der Waals surface area contributed by atoms with Crippen LogP contribution < -0.4 is 5.32 Å². The van der Waals surface area contributed by atoms with Crippen molar-refractivity contribution in [2.75, 3.05) is 26.9 Å². The van der Waals surface area contributed by atoms with E-state index in [4.69, 9.17) is 9.84 Å². The zero-order valence-corrected chi connectivity index (χ0v) is 11.4. The number of hydrogen-bond donors (Lipinski definition) is 2. The van der Waals surface area contributed by atoms with Crippen LogP contribution in [0.1, 0.15) is 46.5 Å². The summed E-state index contributed by atoms with van der Waals surface area (Å²) in [4.78, 5) is 0. The number of ether oxygens (including phenoxy) is 1. The molecule has 3 heteroatoms. The van der Waals surface area contributed by atoms with Crippen LogP contribution in [0.2, 0.25) is 0 Å². The smallest absolute Gasteiger partial charge is 0.0615 e. The van der Waals surface area contributed by atoms with Crippen molar-refractivity contribution in [3.05, 3.63) is 0 Å². The Morgan fingerprint density at radius 3 is 2.25 bits per heavy atom. The third-order valence-electron chi connectivity index (χ3n) is 3.77. The van der Waals surface area contributed by atoms with E-state index < -0.39 is 0 Å². The molecule has 0 aromatic carbocycles. The van der Waals surface area contributed by atoms with Gasteiger partial charge in [-0.05, 0) is 31.1 Å². The van der Waals surface area contributed by atoms with Gasteiger partial charge in [0.1, 0.15) is 0 Å². The standard InChI is InChI=1S/C13H29NO2/c1-5-12(10-16-4)14-11-13(6-2,7-3)8-9-15/h12,14-15H,5-11H2,1-4H3. The van der Waals surface area contributed by atoms with Crippen molar-refractivity contribution < 1.29 is 9.84 Å². The minimum atomic E-state index is 0.246. The summed E-state index contributed by atoms with van der Waals surface area (Å²) in [5, 5.41) is 12.7. The molecule has 0 heterocycles. The molecule has 3 nitrogen and oxygen atoms in total. The first-order chi connectivity index (χ1) is 7.67. The van der Waals surface area contributed by atoms with Crippen LogP contribution in [0.5, 0.6) is 0 Å². The zero-order valence-electron chi connectivity index (χ0n) is 11.4. The zero-order chi connectivity index (χ0) is 12.4. The van der Waals surface area contributed by atoms with Crippen molar-refractivity contribution in [1.82, 2.24) is 5.32 Å². The Kier molecular flexibility index (Phi) is 8.90. The van der Waals surface area contributed by atoms with Gasteiger partial charge in [0.15, 0.2) is 0 Å². The first-order valence-corrected chi connectivity index (χ1v) is 6.51. The van der Waals surface area contributed by atoms with Gasteiger partial charge >= 0.3 is 0 Å². The molecule has 0 aliphatic rings. The lowest BCUT2D eigenvalue weighted by molar-refractivity contribution is 0.132. The molecule has 0 rings (SSSR count). The molecule has 0 aliphatic heterocycles. The third kappa shape index (κ3) is 5.28. The Morgan fingerprint density at radius 1 is 1.25 bits per heavy atom. The first-order valence-electron chi connectivity index (χ1n) is 6.51. The predicted molar refractivity (Wildman–Crippen MR) is 68.7 cm³/mol. The second kappa shape index (κ2) is 8.97. The first kappa shape index (κ1) is 15.9. The van der Waals surface area contributed by atoms with Crippen molar-refractivity contribution in [2.45, 2.75) is 52.5 Å². The van der Waals surface area contributed by atoms with Gasteiger partial charge in [-0.2, -0.15) is 0 Å². The Balaban J connectivity index is 4.17. The maximum atomic E-state index is 9.14. The number of hydrogen-bond acceptors (Lipinski definition) is 3. The molecule has 0 spiro atoms. The molecule has 0 radical (unpaired) electrons. The summed E-state index contributed by atoms with van der Waals surface area (Å²) < 4.78 is 5.18. The molecule has 1 unspecified atom stereocenters. The molecule has 0 aromatic heterocycles. The van der Waals surface area contributed by atoms with Crippen molar-refractivity contribution in [2.24, 2.45) is 5.41 Å². The molecule has 98 valence electrons. The van der Waals surface area contributed by atoms with Crippen LogP contribution in [0.25, 0.3) is 0 Å². The molecular weight excluding hydrogens is 202 g/mol. The molecule has 16 heavy (non-hydrogen) atoms. The molecule has 1 atom stereocenters. The summed E-state index contributed by atoms with van der Waals surface area (Å²) in [5.74, 6) is 0. The van der Waals surface area contributed by atoms with Crippen molar-refractivity contribution in [3.8, 4) is 0 Å². The van der Waals surface area contributed by atoms with Crippen LogP contribution in [0.15, 0.2) is 0 Å². The Hall–Kier alpha value is -0.120. The molecule has 2 N–H and O–H groups in total. The Bertz CT molecular complexity index is 158. The quantitative estimate of drug-likeness (QED) is 0.605. The number of aliphatic hydroxyl groups excluding tert-OH is 1. The third-order valence-corrected chi connectivity index (χ3v) is 3.77. The summed E-state index contributed by atoms with van der Waals surface area (Å²) in [6.07, 6.45) is 4.19. The number of rotatable bonds is 10. The number of methoxy groups -OCH3 is 1. The van der Waals surface area contributed by atoms with E-state index in [0.717, 1.165) is 38.8 Å². The molecule has 0 saturated carbocycles. The van der Waals surface area contributed by atoms with Crippen molar-refractivity contribution in [1.29, 1.82) is 0 Å².